The van der Waals surface area contributed by atoms with Gasteiger partial charge in [-0.2, -0.15) is 4.98 Å². The lowest BCUT2D eigenvalue weighted by molar-refractivity contribution is -0.128. The van der Waals surface area contributed by atoms with Crippen molar-refractivity contribution < 1.29 is 14.6 Å². The summed E-state index contributed by atoms with van der Waals surface area (Å²) in [5.74, 6) is 4.80. The molecule has 1 aromatic rings. The zero-order chi connectivity index (χ0) is 13.3. The van der Waals surface area contributed by atoms with Crippen molar-refractivity contribution in [3.8, 4) is 0 Å². The number of ether oxygens (including phenoxy) is 1. The zero-order valence-electron chi connectivity index (χ0n) is 9.31. The van der Waals surface area contributed by atoms with E-state index in [4.69, 9.17) is 21.4 Å². The molecule has 1 aromatic heterocycles. The number of carbonyl (C=O) groups is 1. The number of aliphatic hydroxyl groups is 1. The SMILES string of the molecule is NNC1C(=O)[C@H](n2ccc(N)nc2=O)O[C@@H]1CO. The number of Topliss-reactive ketones (excluding diaryl/α,β-unsaturated/α-hetero) is 1. The molecule has 2 heterocycles. The molecule has 0 radical (unpaired) electrons. The van der Waals surface area contributed by atoms with Gasteiger partial charge in [-0.15, -0.1) is 0 Å². The van der Waals surface area contributed by atoms with Crippen LogP contribution in [0.4, 0.5) is 5.82 Å². The normalized spacial score (nSPS) is 27.7. The zero-order valence-corrected chi connectivity index (χ0v) is 9.31. The quantitative estimate of drug-likeness (QED) is 0.333. The van der Waals surface area contributed by atoms with Gasteiger partial charge in [0.15, 0.2) is 6.23 Å². The van der Waals surface area contributed by atoms with Crippen LogP contribution in [0.1, 0.15) is 6.23 Å². The molecule has 9 heteroatoms. The maximum atomic E-state index is 11.9. The molecule has 98 valence electrons. The average Bonchev–Trinajstić information content (AvgIpc) is 2.66. The van der Waals surface area contributed by atoms with Crippen molar-refractivity contribution in [2.75, 3.05) is 12.3 Å². The predicted molar refractivity (Wildman–Crippen MR) is 60.0 cm³/mol. The number of carbonyl (C=O) groups excluding carboxylic acids is 1. The summed E-state index contributed by atoms with van der Waals surface area (Å²) in [5.41, 5.74) is 6.89. The second-order valence-corrected chi connectivity index (χ2v) is 3.80. The molecule has 1 aliphatic rings. The molecule has 1 fully saturated rings. The second-order valence-electron chi connectivity index (χ2n) is 3.80. The van der Waals surface area contributed by atoms with Gasteiger partial charge in [0.25, 0.3) is 0 Å². The molecule has 0 saturated carbocycles. The van der Waals surface area contributed by atoms with Crippen molar-refractivity contribution in [2.24, 2.45) is 5.84 Å². The van der Waals surface area contributed by atoms with E-state index >= 15 is 0 Å². The van der Waals surface area contributed by atoms with Crippen LogP contribution >= 0.6 is 0 Å². The van der Waals surface area contributed by atoms with Gasteiger partial charge < -0.3 is 15.6 Å². The first-order chi connectivity index (χ1) is 8.58. The standard InChI is InChI=1S/C9H13N5O4/c10-5-1-2-14(9(17)12-5)8-7(16)6(13-11)4(3-15)18-8/h1-2,4,6,8,13,15H,3,11H2,(H2,10,12,17)/t4-,6?,8-/m1/s1. The Labute approximate surface area is 101 Å². The summed E-state index contributed by atoms with van der Waals surface area (Å²) in [5, 5.41) is 9.07. The van der Waals surface area contributed by atoms with Gasteiger partial charge in [0, 0.05) is 6.20 Å². The van der Waals surface area contributed by atoms with Crippen LogP contribution < -0.4 is 22.7 Å². The topological polar surface area (TPSA) is 145 Å². The molecule has 1 aliphatic heterocycles. The van der Waals surface area contributed by atoms with Crippen LogP contribution in [0.15, 0.2) is 17.1 Å². The molecule has 0 aromatic carbocycles. The minimum Gasteiger partial charge on any atom is -0.394 e. The Bertz CT molecular complexity index is 516. The molecule has 1 unspecified atom stereocenters. The van der Waals surface area contributed by atoms with E-state index in [1.807, 2.05) is 0 Å². The fourth-order valence-corrected chi connectivity index (χ4v) is 1.79. The molecule has 0 aliphatic carbocycles. The van der Waals surface area contributed by atoms with Gasteiger partial charge in [0.2, 0.25) is 5.78 Å². The number of hydrogen-bond donors (Lipinski definition) is 4. The van der Waals surface area contributed by atoms with Crippen molar-refractivity contribution >= 4 is 11.6 Å². The summed E-state index contributed by atoms with van der Waals surface area (Å²) in [6, 6.07) is 0.499. The van der Waals surface area contributed by atoms with Crippen molar-refractivity contribution in [2.45, 2.75) is 18.4 Å². The number of nitrogens with zero attached hydrogens (tertiary/aromatic N) is 2. The molecular weight excluding hydrogens is 242 g/mol. The molecule has 2 rings (SSSR count). The fourth-order valence-electron chi connectivity index (χ4n) is 1.79. The van der Waals surface area contributed by atoms with Gasteiger partial charge in [-0.3, -0.25) is 15.2 Å². The van der Waals surface area contributed by atoms with Gasteiger partial charge in [-0.25, -0.2) is 10.2 Å². The van der Waals surface area contributed by atoms with E-state index < -0.39 is 36.5 Å². The lowest BCUT2D eigenvalue weighted by atomic mass is 10.1. The Hall–Kier alpha value is -1.81. The number of aliphatic hydroxyl groups excluding tert-OH is 1. The molecular formula is C9H13N5O4. The third kappa shape index (κ3) is 1.99. The maximum absolute atomic E-state index is 11.9. The van der Waals surface area contributed by atoms with Crippen molar-refractivity contribution in [3.63, 3.8) is 0 Å². The number of nitrogen functional groups attached to an aromatic ring is 1. The summed E-state index contributed by atoms with van der Waals surface area (Å²) in [6.07, 6.45) is -0.665. The Morgan fingerprint density at radius 2 is 2.28 bits per heavy atom. The Morgan fingerprint density at radius 3 is 2.78 bits per heavy atom. The van der Waals surface area contributed by atoms with E-state index in [0.717, 1.165) is 4.57 Å². The fraction of sp³-hybridized carbons (Fsp3) is 0.444. The second kappa shape index (κ2) is 4.82. The first-order valence-corrected chi connectivity index (χ1v) is 5.19. The Kier molecular flexibility index (Phi) is 3.39. The van der Waals surface area contributed by atoms with Crippen LogP contribution in [0, 0.1) is 0 Å². The van der Waals surface area contributed by atoms with E-state index in [1.54, 1.807) is 0 Å². The lowest BCUT2D eigenvalue weighted by Crippen LogP contribution is -2.47. The minimum atomic E-state index is -1.16. The number of rotatable bonds is 3. The van der Waals surface area contributed by atoms with E-state index in [-0.39, 0.29) is 5.82 Å². The third-order valence-corrected chi connectivity index (χ3v) is 2.69. The van der Waals surface area contributed by atoms with Gasteiger partial charge in [0.1, 0.15) is 18.0 Å². The Balaban J connectivity index is 2.35. The number of ketones is 1. The first-order valence-electron chi connectivity index (χ1n) is 5.19. The van der Waals surface area contributed by atoms with Gasteiger partial charge >= 0.3 is 5.69 Å². The van der Waals surface area contributed by atoms with E-state index in [1.165, 1.54) is 12.3 Å². The highest BCUT2D eigenvalue weighted by atomic mass is 16.5. The number of aromatic nitrogens is 2. The minimum absolute atomic E-state index is 0.0499. The van der Waals surface area contributed by atoms with E-state index in [9.17, 15) is 9.59 Å². The number of hydrazine groups is 1. The highest BCUT2D eigenvalue weighted by molar-refractivity contribution is 5.89. The molecule has 0 amide bonds. The van der Waals surface area contributed by atoms with Crippen molar-refractivity contribution in [1.29, 1.82) is 0 Å². The van der Waals surface area contributed by atoms with Gasteiger partial charge in [-0.05, 0) is 6.07 Å². The van der Waals surface area contributed by atoms with Crippen LogP contribution in [0.5, 0.6) is 0 Å². The smallest absolute Gasteiger partial charge is 0.351 e. The largest absolute Gasteiger partial charge is 0.394 e. The van der Waals surface area contributed by atoms with Gasteiger partial charge in [0.05, 0.1) is 6.61 Å². The molecule has 1 saturated heterocycles. The van der Waals surface area contributed by atoms with Gasteiger partial charge in [-0.1, -0.05) is 0 Å². The van der Waals surface area contributed by atoms with Crippen LogP contribution in [-0.4, -0.2) is 39.2 Å². The predicted octanol–water partition coefficient (Wildman–Crippen LogP) is -2.88. The molecule has 3 atom stereocenters. The summed E-state index contributed by atoms with van der Waals surface area (Å²) in [4.78, 5) is 27.0. The monoisotopic (exact) mass is 255 g/mol. The summed E-state index contributed by atoms with van der Waals surface area (Å²) in [7, 11) is 0. The highest BCUT2D eigenvalue weighted by Gasteiger charge is 2.43. The summed E-state index contributed by atoms with van der Waals surface area (Å²) in [6.45, 7) is -0.395. The first kappa shape index (κ1) is 12.6. The summed E-state index contributed by atoms with van der Waals surface area (Å²) < 4.78 is 6.27. The van der Waals surface area contributed by atoms with E-state index in [0.29, 0.717) is 0 Å². The molecule has 6 N–H and O–H groups in total. The van der Waals surface area contributed by atoms with Crippen LogP contribution in [0.3, 0.4) is 0 Å². The van der Waals surface area contributed by atoms with Crippen LogP contribution in [0.2, 0.25) is 0 Å². The number of anilines is 1. The molecule has 0 bridgehead atoms. The highest BCUT2D eigenvalue weighted by Crippen LogP contribution is 2.23. The molecule has 18 heavy (non-hydrogen) atoms. The third-order valence-electron chi connectivity index (χ3n) is 2.69. The van der Waals surface area contributed by atoms with Crippen molar-refractivity contribution in [1.82, 2.24) is 15.0 Å². The molecule has 9 nitrogen and oxygen atoms in total. The average molecular weight is 255 g/mol. The Morgan fingerprint density at radius 1 is 1.56 bits per heavy atom. The molecule has 0 spiro atoms. The maximum Gasteiger partial charge on any atom is 0.351 e. The van der Waals surface area contributed by atoms with Crippen LogP contribution in [0.25, 0.3) is 0 Å². The van der Waals surface area contributed by atoms with Crippen LogP contribution in [-0.2, 0) is 9.53 Å². The summed E-state index contributed by atoms with van der Waals surface area (Å²) >= 11 is 0. The number of nitrogens with one attached hydrogen (secondary N) is 1. The lowest BCUT2D eigenvalue weighted by Gasteiger charge is -2.13. The number of nitrogens with two attached hydrogens (primary N) is 2. The van der Waals surface area contributed by atoms with Crippen molar-refractivity contribution in [3.05, 3.63) is 22.7 Å². The number of hydrogen-bond acceptors (Lipinski definition) is 8. The van der Waals surface area contributed by atoms with E-state index in [2.05, 4.69) is 10.4 Å².